The van der Waals surface area contributed by atoms with Gasteiger partial charge in [0.15, 0.2) is 11.2 Å². The van der Waals surface area contributed by atoms with E-state index in [0.29, 0.717) is 0 Å². The van der Waals surface area contributed by atoms with Crippen molar-refractivity contribution in [3.05, 3.63) is 242 Å². The average molecular weight is 1010 g/mol. The van der Waals surface area contributed by atoms with E-state index in [4.69, 9.17) is 8.83 Å². The molecule has 0 aliphatic carbocycles. The number of hydrogen-bond donors (Lipinski definition) is 0. The minimum absolute atomic E-state index is 0.0730. The fraction of sp³-hybridized carbons (Fsp3) is 0.135. The Morgan fingerprint density at radius 2 is 0.667 bits per heavy atom. The summed E-state index contributed by atoms with van der Waals surface area (Å²) in [6.45, 7) is 13.8. The minimum atomic E-state index is -0.0730. The fourth-order valence-electron chi connectivity index (χ4n) is 12.3. The molecular weight excluding hydrogens is 949 g/mol. The molecule has 4 heteroatoms. The van der Waals surface area contributed by atoms with Crippen molar-refractivity contribution in [3.8, 4) is 22.3 Å². The molecule has 0 amide bonds. The maximum atomic E-state index is 7.25. The van der Waals surface area contributed by atoms with Crippen LogP contribution in [0.2, 0.25) is 0 Å². The molecule has 12 aromatic carbocycles. The van der Waals surface area contributed by atoms with E-state index >= 15 is 0 Å². The van der Waals surface area contributed by atoms with E-state index < -0.39 is 0 Å². The monoisotopic (exact) mass is 1010 g/mol. The van der Waals surface area contributed by atoms with Gasteiger partial charge in [0.2, 0.25) is 0 Å². The van der Waals surface area contributed by atoms with Crippen molar-refractivity contribution < 1.29 is 8.83 Å². The van der Waals surface area contributed by atoms with Gasteiger partial charge >= 0.3 is 0 Å². The van der Waals surface area contributed by atoms with Gasteiger partial charge in [-0.3, -0.25) is 0 Å². The first-order valence-corrected chi connectivity index (χ1v) is 27.6. The molecule has 0 aliphatic heterocycles. The van der Waals surface area contributed by atoms with E-state index in [1.807, 2.05) is 0 Å². The molecule has 0 radical (unpaired) electrons. The summed E-state index contributed by atoms with van der Waals surface area (Å²) >= 11 is 0. The van der Waals surface area contributed by atoms with Gasteiger partial charge in [0, 0.05) is 54.8 Å². The van der Waals surface area contributed by atoms with Crippen LogP contribution in [0.5, 0.6) is 0 Å². The Hall–Kier alpha value is -9.12. The van der Waals surface area contributed by atoms with Gasteiger partial charge in [-0.1, -0.05) is 224 Å². The predicted molar refractivity (Wildman–Crippen MR) is 332 cm³/mol. The zero-order valence-corrected chi connectivity index (χ0v) is 45.1. The lowest BCUT2D eigenvalue weighted by Crippen LogP contribution is -2.15. The molecule has 14 aromatic rings. The summed E-state index contributed by atoms with van der Waals surface area (Å²) in [5.74, 6) is 0. The third kappa shape index (κ3) is 7.49. The molecule has 0 unspecified atom stereocenters. The molecule has 0 bridgehead atoms. The predicted octanol–water partition coefficient (Wildman–Crippen LogP) is 22.0. The second-order valence-corrected chi connectivity index (χ2v) is 22.4. The number of rotatable bonds is 12. The molecule has 2 heterocycles. The summed E-state index contributed by atoms with van der Waals surface area (Å²) in [4.78, 5) is 4.87. The standard InChI is InChI=1S/C74H60N2O2/c1-7-73(3,4)61-33-17-29-55-57-31-19-35-65(71(57)77-69(55)61)75(53-27-15-25-51(45-53)47-21-11-9-12-22-47)63-43-39-49-38-42-60-64(44-40-50-37-41-59(63)67(49)68(50)60)76(54-28-16-26-52(46-54)48-23-13-10-14-24-48)66-36-20-32-58-56-30-18-34-62(74(5,6)8-2)70(56)78-72(58)66/h9-46H,7-8H2,1-6H3. The van der Waals surface area contributed by atoms with E-state index in [1.165, 1.54) is 32.7 Å². The maximum absolute atomic E-state index is 7.25. The largest absolute Gasteiger partial charge is 0.454 e. The minimum Gasteiger partial charge on any atom is -0.454 e. The van der Waals surface area contributed by atoms with Crippen molar-refractivity contribution in [2.24, 2.45) is 0 Å². The van der Waals surface area contributed by atoms with Crippen molar-refractivity contribution in [2.75, 3.05) is 9.80 Å². The van der Waals surface area contributed by atoms with E-state index in [1.54, 1.807) is 0 Å². The van der Waals surface area contributed by atoms with Crippen LogP contribution in [0, 0.1) is 0 Å². The third-order valence-corrected chi connectivity index (χ3v) is 17.2. The maximum Gasteiger partial charge on any atom is 0.159 e. The van der Waals surface area contributed by atoms with Crippen LogP contribution in [0.15, 0.2) is 239 Å². The lowest BCUT2D eigenvalue weighted by molar-refractivity contribution is 0.500. The molecule has 378 valence electrons. The molecule has 78 heavy (non-hydrogen) atoms. The SMILES string of the molecule is CCC(C)(C)c1cccc2c1oc1c(N(c3cccc(-c4ccccc4)c3)c3ccc4ccc5c(N(c6cccc(-c7ccccc7)c6)c6cccc7c6oc6c(C(C)(C)CC)cccc67)ccc6ccc3c4c65)cccc12. The van der Waals surface area contributed by atoms with Gasteiger partial charge < -0.3 is 18.6 Å². The van der Waals surface area contributed by atoms with Crippen LogP contribution in [-0.2, 0) is 10.8 Å². The van der Waals surface area contributed by atoms with E-state index in [-0.39, 0.29) is 10.8 Å². The zero-order chi connectivity index (χ0) is 52.9. The molecule has 0 N–H and O–H groups in total. The van der Waals surface area contributed by atoms with E-state index in [0.717, 1.165) is 124 Å². The van der Waals surface area contributed by atoms with Gasteiger partial charge in [-0.25, -0.2) is 0 Å². The molecule has 0 fully saturated rings. The van der Waals surface area contributed by atoms with Gasteiger partial charge in [-0.2, -0.15) is 0 Å². The Labute approximate surface area is 455 Å². The molecule has 0 saturated heterocycles. The van der Waals surface area contributed by atoms with Crippen LogP contribution in [0.4, 0.5) is 34.1 Å². The number of anilines is 6. The highest BCUT2D eigenvalue weighted by atomic mass is 16.3. The Bertz CT molecular complexity index is 4300. The van der Waals surface area contributed by atoms with Gasteiger partial charge in [0.25, 0.3) is 0 Å². The van der Waals surface area contributed by atoms with E-state index in [9.17, 15) is 0 Å². The highest BCUT2D eigenvalue weighted by Gasteiger charge is 2.30. The second-order valence-electron chi connectivity index (χ2n) is 22.4. The molecule has 0 saturated carbocycles. The summed E-state index contributed by atoms with van der Waals surface area (Å²) in [5, 5.41) is 11.6. The first kappa shape index (κ1) is 47.3. The number of benzene rings is 12. The fourth-order valence-corrected chi connectivity index (χ4v) is 12.3. The molecule has 0 aliphatic rings. The normalized spacial score (nSPS) is 12.3. The van der Waals surface area contributed by atoms with Crippen LogP contribution in [0.3, 0.4) is 0 Å². The molecule has 4 nitrogen and oxygen atoms in total. The molecule has 2 aromatic heterocycles. The summed E-state index contributed by atoms with van der Waals surface area (Å²) in [6.07, 6.45) is 1.98. The Balaban J connectivity index is 1.03. The molecule has 0 atom stereocenters. The summed E-state index contributed by atoms with van der Waals surface area (Å²) in [5.41, 5.74) is 16.8. The number of fused-ring (bicyclic) bond motifs is 6. The first-order chi connectivity index (χ1) is 38.1. The average Bonchev–Trinajstić information content (AvgIpc) is 4.17. The molecule has 14 rings (SSSR count). The number of furan rings is 2. The van der Waals surface area contributed by atoms with Crippen molar-refractivity contribution in [1.29, 1.82) is 0 Å². The Morgan fingerprint density at radius 1 is 0.308 bits per heavy atom. The van der Waals surface area contributed by atoms with Crippen LogP contribution >= 0.6 is 0 Å². The van der Waals surface area contributed by atoms with Crippen LogP contribution in [-0.4, -0.2) is 0 Å². The summed E-state index contributed by atoms with van der Waals surface area (Å²) in [6, 6.07) is 84.4. The van der Waals surface area contributed by atoms with Gasteiger partial charge in [-0.05, 0) is 116 Å². The number of para-hydroxylation sites is 4. The van der Waals surface area contributed by atoms with Gasteiger partial charge in [0.05, 0.1) is 22.7 Å². The van der Waals surface area contributed by atoms with Crippen molar-refractivity contribution in [3.63, 3.8) is 0 Å². The Morgan fingerprint density at radius 3 is 1.08 bits per heavy atom. The summed E-state index contributed by atoms with van der Waals surface area (Å²) in [7, 11) is 0. The highest BCUT2D eigenvalue weighted by Crippen LogP contribution is 2.52. The zero-order valence-electron chi connectivity index (χ0n) is 45.1. The van der Waals surface area contributed by atoms with Crippen molar-refractivity contribution >= 4 is 110 Å². The van der Waals surface area contributed by atoms with Gasteiger partial charge in [0.1, 0.15) is 11.2 Å². The highest BCUT2D eigenvalue weighted by molar-refractivity contribution is 6.29. The molecule has 0 spiro atoms. The topological polar surface area (TPSA) is 32.8 Å². The number of hydrogen-bond acceptors (Lipinski definition) is 4. The molecular formula is C74H60N2O2. The Kier molecular flexibility index (Phi) is 11.1. The van der Waals surface area contributed by atoms with E-state index in [2.05, 4.69) is 282 Å². The smallest absolute Gasteiger partial charge is 0.159 e. The number of nitrogens with zero attached hydrogens (tertiary/aromatic N) is 2. The van der Waals surface area contributed by atoms with Crippen molar-refractivity contribution in [2.45, 2.75) is 65.2 Å². The van der Waals surface area contributed by atoms with Crippen LogP contribution < -0.4 is 9.80 Å². The lowest BCUT2D eigenvalue weighted by atomic mass is 9.81. The van der Waals surface area contributed by atoms with Crippen LogP contribution in [0.1, 0.15) is 65.5 Å². The van der Waals surface area contributed by atoms with Crippen LogP contribution in [0.25, 0.3) is 98.4 Å². The van der Waals surface area contributed by atoms with Gasteiger partial charge in [-0.15, -0.1) is 0 Å². The summed E-state index contributed by atoms with van der Waals surface area (Å²) < 4.78 is 14.5. The lowest BCUT2D eigenvalue weighted by Gasteiger charge is -2.29. The first-order valence-electron chi connectivity index (χ1n) is 27.6. The van der Waals surface area contributed by atoms with Crippen molar-refractivity contribution in [1.82, 2.24) is 0 Å². The second kappa shape index (κ2) is 18.3. The third-order valence-electron chi connectivity index (χ3n) is 17.2. The quantitative estimate of drug-likeness (QED) is 0.114.